The normalized spacial score (nSPS) is 16.7. The quantitative estimate of drug-likeness (QED) is 0.0362. The van der Waals surface area contributed by atoms with Gasteiger partial charge in [0.15, 0.2) is 28.8 Å². The van der Waals surface area contributed by atoms with Crippen molar-refractivity contribution in [2.45, 2.75) is 93.2 Å². The van der Waals surface area contributed by atoms with Gasteiger partial charge in [0.1, 0.15) is 0 Å². The zero-order valence-corrected chi connectivity index (χ0v) is 48.7. The number of nitrogens with zero attached hydrogens (tertiary/aromatic N) is 5. The van der Waals surface area contributed by atoms with E-state index < -0.39 is 17.6 Å². The number of rotatable bonds is 25. The van der Waals surface area contributed by atoms with Gasteiger partial charge in [0, 0.05) is 119 Å². The van der Waals surface area contributed by atoms with Gasteiger partial charge < -0.3 is 60.6 Å². The van der Waals surface area contributed by atoms with Gasteiger partial charge in [-0.15, -0.1) is 0 Å². The molecule has 0 saturated carbocycles. The van der Waals surface area contributed by atoms with Crippen molar-refractivity contribution in [1.29, 1.82) is 0 Å². The van der Waals surface area contributed by atoms with E-state index in [0.717, 1.165) is 118 Å². The second kappa shape index (κ2) is 28.7. The van der Waals surface area contributed by atoms with Gasteiger partial charge in [-0.05, 0) is 101 Å². The maximum absolute atomic E-state index is 12.6. The summed E-state index contributed by atoms with van der Waals surface area (Å²) in [6, 6.07) is 19.9. The highest BCUT2D eigenvalue weighted by molar-refractivity contribution is 6.09. The van der Waals surface area contributed by atoms with Crippen molar-refractivity contribution in [2.75, 3.05) is 116 Å². The first-order chi connectivity index (χ1) is 39.3. The highest BCUT2D eigenvalue weighted by atomic mass is 16.7. The number of nitrogens with one attached hydrogen (secondary N) is 3. The number of aromatic nitrogens is 2. The van der Waals surface area contributed by atoms with Gasteiger partial charge in [0.25, 0.3) is 11.8 Å². The summed E-state index contributed by atoms with van der Waals surface area (Å²) >= 11 is 0. The van der Waals surface area contributed by atoms with Gasteiger partial charge >= 0.3 is 0 Å². The average molecular weight is 1110 g/mol. The molecule has 7 N–H and O–H groups in total. The van der Waals surface area contributed by atoms with Crippen LogP contribution in [-0.2, 0) is 40.1 Å². The van der Waals surface area contributed by atoms with Crippen molar-refractivity contribution in [2.24, 2.45) is 11.5 Å². The molecular formula is C62H84N10O9. The summed E-state index contributed by atoms with van der Waals surface area (Å²) in [5.41, 5.74) is 21.5. The smallest absolute Gasteiger partial charge is 0.252 e. The lowest BCUT2D eigenvalue weighted by atomic mass is 10.0. The Bertz CT molecular complexity index is 3090. The van der Waals surface area contributed by atoms with Crippen LogP contribution in [0.25, 0.3) is 21.8 Å². The second-order valence-corrected chi connectivity index (χ2v) is 20.7. The van der Waals surface area contributed by atoms with Crippen molar-refractivity contribution >= 4 is 56.4 Å². The fourth-order valence-electron chi connectivity index (χ4n) is 10.8. The highest BCUT2D eigenvalue weighted by Crippen LogP contribution is 2.40. The molecule has 0 bridgehead atoms. The molecule has 6 aromatic rings. The molecule has 81 heavy (non-hydrogen) atoms. The van der Waals surface area contributed by atoms with E-state index in [1.54, 1.807) is 0 Å². The SMILES string of the molecule is CCOc1cc2ncc(C(N)=O)c(Nc3cccc(CN4CCN(CCN5CCOCC5)CC4)c3CC)c2cc1OCC.CCOc1cc2ncc(C(N)=O)c(Nc3cccc(CNCC4COC(C)(C)O4)c3CC)c2cc1OCC. The molecule has 3 saturated heterocycles. The van der Waals surface area contributed by atoms with Crippen LogP contribution in [0.4, 0.5) is 22.7 Å². The Morgan fingerprint density at radius 3 is 1.54 bits per heavy atom. The lowest BCUT2D eigenvalue weighted by Crippen LogP contribution is -2.49. The Labute approximate surface area is 477 Å². The van der Waals surface area contributed by atoms with Crippen LogP contribution in [0, 0.1) is 0 Å². The van der Waals surface area contributed by atoms with Crippen LogP contribution < -0.4 is 46.4 Å². The lowest BCUT2D eigenvalue weighted by molar-refractivity contribution is -0.137. The first-order valence-corrected chi connectivity index (χ1v) is 28.8. The minimum Gasteiger partial charge on any atom is -0.490 e. The van der Waals surface area contributed by atoms with E-state index in [1.807, 2.05) is 77.9 Å². The summed E-state index contributed by atoms with van der Waals surface area (Å²) in [4.78, 5) is 41.6. The van der Waals surface area contributed by atoms with Gasteiger partial charge in [-0.2, -0.15) is 0 Å². The van der Waals surface area contributed by atoms with Gasteiger partial charge in [0.2, 0.25) is 0 Å². The van der Waals surface area contributed by atoms with E-state index in [1.165, 1.54) is 23.5 Å². The van der Waals surface area contributed by atoms with E-state index in [-0.39, 0.29) is 6.10 Å². The number of carbonyl (C=O) groups excluding carboxylic acids is 2. The molecule has 1 atom stereocenters. The largest absolute Gasteiger partial charge is 0.490 e. The third-order valence-electron chi connectivity index (χ3n) is 14.8. The molecule has 3 aliphatic rings. The van der Waals surface area contributed by atoms with E-state index in [9.17, 15) is 9.59 Å². The predicted molar refractivity (Wildman–Crippen MR) is 319 cm³/mol. The molecule has 4 aromatic carbocycles. The number of primary amides is 2. The van der Waals surface area contributed by atoms with Crippen LogP contribution in [0.1, 0.15) is 98.4 Å². The molecule has 0 aliphatic carbocycles. The molecule has 2 aromatic heterocycles. The average Bonchev–Trinajstić information content (AvgIpc) is 3.82. The summed E-state index contributed by atoms with van der Waals surface area (Å²) in [6.07, 6.45) is 4.71. The van der Waals surface area contributed by atoms with Crippen molar-refractivity contribution < 1.29 is 42.7 Å². The van der Waals surface area contributed by atoms with Crippen molar-refractivity contribution in [3.05, 3.63) is 106 Å². The number of pyridine rings is 2. The third-order valence-corrected chi connectivity index (χ3v) is 14.8. The molecule has 2 amide bonds. The van der Waals surface area contributed by atoms with Crippen molar-refractivity contribution in [1.82, 2.24) is 30.0 Å². The zero-order valence-electron chi connectivity index (χ0n) is 48.7. The van der Waals surface area contributed by atoms with Gasteiger partial charge in [0.05, 0.1) is 85.9 Å². The number of ether oxygens (including phenoxy) is 7. The van der Waals surface area contributed by atoms with Gasteiger partial charge in [-0.1, -0.05) is 38.1 Å². The first kappa shape index (κ1) is 60.3. The molecule has 5 heterocycles. The standard InChI is InChI=1S/C33H46N6O4.C29H38N4O5/c1-4-25-24(23-39-14-12-37(13-15-39)10-11-38-16-18-41-19-17-38)8-7-9-28(25)36-32-26-20-30(42-5-2)31(43-6-3)21-29(26)35-22-27(32)33(34)40;1-6-20-18(14-31-15-19-17-37-29(4,5)38-19)10-9-11-23(20)33-27-21-12-25(35-7-2)26(36-8-3)13-24(21)32-16-22(27)28(30)34/h7-9,20-22H,4-6,10-19,23H2,1-3H3,(H2,34,40)(H,35,36);9-13,16,19,31H,6-8,14-15,17H2,1-5H3,(H2,30,34)(H,32,33). The Balaban J connectivity index is 0.000000214. The van der Waals surface area contributed by atoms with E-state index in [4.69, 9.17) is 44.6 Å². The number of amides is 2. The molecule has 3 fully saturated rings. The van der Waals surface area contributed by atoms with Crippen LogP contribution in [0.15, 0.2) is 73.1 Å². The molecule has 3 aliphatic heterocycles. The second-order valence-electron chi connectivity index (χ2n) is 20.7. The molecule has 1 unspecified atom stereocenters. The van der Waals surface area contributed by atoms with E-state index in [0.29, 0.717) is 103 Å². The number of nitrogens with two attached hydrogens (primary N) is 2. The van der Waals surface area contributed by atoms with Crippen LogP contribution in [0.3, 0.4) is 0 Å². The topological polar surface area (TPSA) is 222 Å². The Morgan fingerprint density at radius 1 is 0.630 bits per heavy atom. The third kappa shape index (κ3) is 15.4. The number of anilines is 4. The fraction of sp³-hybridized carbons (Fsp3) is 0.484. The van der Waals surface area contributed by atoms with Gasteiger partial charge in [-0.25, -0.2) is 0 Å². The predicted octanol–water partition coefficient (Wildman–Crippen LogP) is 8.57. The Morgan fingerprint density at radius 2 is 1.09 bits per heavy atom. The Hall–Kier alpha value is -6.84. The monoisotopic (exact) mass is 1110 g/mol. The summed E-state index contributed by atoms with van der Waals surface area (Å²) in [5.74, 6) is 0.784. The van der Waals surface area contributed by atoms with Crippen LogP contribution >= 0.6 is 0 Å². The molecule has 436 valence electrons. The van der Waals surface area contributed by atoms with E-state index in [2.05, 4.69) is 78.7 Å². The molecule has 9 rings (SSSR count). The van der Waals surface area contributed by atoms with Gasteiger partial charge in [-0.3, -0.25) is 34.3 Å². The number of piperazine rings is 1. The molecule has 0 radical (unpaired) electrons. The number of benzene rings is 4. The van der Waals surface area contributed by atoms with Crippen LogP contribution in [-0.4, -0.2) is 154 Å². The number of fused-ring (bicyclic) bond motifs is 2. The molecule has 0 spiro atoms. The summed E-state index contributed by atoms with van der Waals surface area (Å²) in [6.45, 7) is 30.9. The number of hydrogen-bond acceptors (Lipinski definition) is 17. The molecule has 19 heteroatoms. The highest BCUT2D eigenvalue weighted by Gasteiger charge is 2.32. The lowest BCUT2D eigenvalue weighted by Gasteiger charge is -2.36. The van der Waals surface area contributed by atoms with Crippen LogP contribution in [0.2, 0.25) is 0 Å². The fourth-order valence-corrected chi connectivity index (χ4v) is 10.8. The molecular weight excluding hydrogens is 1030 g/mol. The summed E-state index contributed by atoms with van der Waals surface area (Å²) in [5, 5.41) is 12.1. The van der Waals surface area contributed by atoms with Crippen molar-refractivity contribution in [3.63, 3.8) is 0 Å². The number of morpholine rings is 1. The van der Waals surface area contributed by atoms with E-state index >= 15 is 0 Å². The van der Waals surface area contributed by atoms with Crippen LogP contribution in [0.5, 0.6) is 23.0 Å². The number of hydrogen-bond donors (Lipinski definition) is 5. The minimum absolute atomic E-state index is 0.0128. The number of carbonyl (C=O) groups is 2. The maximum atomic E-state index is 12.6. The van der Waals surface area contributed by atoms with Crippen molar-refractivity contribution in [3.8, 4) is 23.0 Å². The zero-order chi connectivity index (χ0) is 57.5. The minimum atomic E-state index is -0.564. The first-order valence-electron chi connectivity index (χ1n) is 28.8. The Kier molecular flexibility index (Phi) is 21.4. The summed E-state index contributed by atoms with van der Waals surface area (Å²) in [7, 11) is 0. The maximum Gasteiger partial charge on any atom is 0.252 e. The molecule has 19 nitrogen and oxygen atoms in total. The summed E-state index contributed by atoms with van der Waals surface area (Å²) < 4.78 is 40.4.